The Morgan fingerprint density at radius 3 is 2.57 bits per heavy atom. The Balaban J connectivity index is 1.81. The number of nitriles is 1. The first-order chi connectivity index (χ1) is 10.9. The summed E-state index contributed by atoms with van der Waals surface area (Å²) >= 11 is 0. The van der Waals surface area contributed by atoms with Gasteiger partial charge >= 0.3 is 6.09 Å². The van der Waals surface area contributed by atoms with Crippen molar-refractivity contribution in [3.05, 3.63) is 29.6 Å². The predicted octanol–water partition coefficient (Wildman–Crippen LogP) is 3.70. The smallest absolute Gasteiger partial charge is 0.407 e. The summed E-state index contributed by atoms with van der Waals surface area (Å²) in [5, 5.41) is 11.6. The predicted molar refractivity (Wildman–Crippen MR) is 87.9 cm³/mol. The summed E-state index contributed by atoms with van der Waals surface area (Å²) in [5.74, 6) is 0.433. The van der Waals surface area contributed by atoms with E-state index in [4.69, 9.17) is 10.00 Å². The van der Waals surface area contributed by atoms with Crippen LogP contribution in [0.15, 0.2) is 18.3 Å². The number of pyridine rings is 1. The highest BCUT2D eigenvalue weighted by Crippen LogP contribution is 2.32. The van der Waals surface area contributed by atoms with Crippen LogP contribution in [0.2, 0.25) is 0 Å². The van der Waals surface area contributed by atoms with E-state index < -0.39 is 5.60 Å². The molecule has 1 aliphatic rings. The Labute approximate surface area is 138 Å². The second-order valence-electron chi connectivity index (χ2n) is 7.12. The summed E-state index contributed by atoms with van der Waals surface area (Å²) in [6.07, 6.45) is 5.75. The van der Waals surface area contributed by atoms with E-state index in [-0.39, 0.29) is 12.1 Å². The van der Waals surface area contributed by atoms with Gasteiger partial charge in [0.2, 0.25) is 0 Å². The summed E-state index contributed by atoms with van der Waals surface area (Å²) in [7, 11) is 0. The number of carbonyl (C=O) groups is 1. The van der Waals surface area contributed by atoms with E-state index in [9.17, 15) is 4.79 Å². The number of alkyl carbamates (subject to hydrolysis) is 1. The van der Waals surface area contributed by atoms with Gasteiger partial charge in [-0.15, -0.1) is 0 Å². The van der Waals surface area contributed by atoms with Crippen LogP contribution in [-0.4, -0.2) is 22.7 Å². The average molecular weight is 315 g/mol. The molecule has 1 N–H and O–H groups in total. The molecule has 0 bridgehead atoms. The molecule has 5 heteroatoms. The third-order valence-corrected chi connectivity index (χ3v) is 4.00. The fraction of sp³-hybridized carbons (Fsp3) is 0.611. The molecule has 0 aliphatic heterocycles. The Hall–Kier alpha value is -2.09. The van der Waals surface area contributed by atoms with Crippen LogP contribution in [0.3, 0.4) is 0 Å². The Morgan fingerprint density at radius 2 is 2.04 bits per heavy atom. The van der Waals surface area contributed by atoms with Crippen LogP contribution in [0, 0.1) is 11.3 Å². The van der Waals surface area contributed by atoms with Gasteiger partial charge in [0.15, 0.2) is 0 Å². The summed E-state index contributed by atoms with van der Waals surface area (Å²) in [4.78, 5) is 16.3. The highest BCUT2D eigenvalue weighted by atomic mass is 16.6. The highest BCUT2D eigenvalue weighted by Gasteiger charge is 2.26. The van der Waals surface area contributed by atoms with Gasteiger partial charge in [-0.3, -0.25) is 4.98 Å². The lowest BCUT2D eigenvalue weighted by atomic mass is 9.84. The number of hydrogen-bond acceptors (Lipinski definition) is 4. The molecule has 1 fully saturated rings. The second kappa shape index (κ2) is 7.45. The highest BCUT2D eigenvalue weighted by molar-refractivity contribution is 5.68. The summed E-state index contributed by atoms with van der Waals surface area (Å²) in [5.41, 5.74) is 1.58. The number of ether oxygens (including phenoxy) is 1. The molecule has 1 amide bonds. The van der Waals surface area contributed by atoms with Gasteiger partial charge in [-0.25, -0.2) is 4.79 Å². The molecule has 1 aromatic heterocycles. The van der Waals surface area contributed by atoms with E-state index in [1.807, 2.05) is 32.9 Å². The monoisotopic (exact) mass is 315 g/mol. The molecule has 0 saturated heterocycles. The number of hydrogen-bond donors (Lipinski definition) is 1. The van der Waals surface area contributed by atoms with Crippen LogP contribution in [-0.2, 0) is 11.2 Å². The first-order valence-electron chi connectivity index (χ1n) is 8.18. The van der Waals surface area contributed by atoms with Gasteiger partial charge in [-0.05, 0) is 58.1 Å². The number of nitrogens with one attached hydrogen (secondary N) is 1. The molecule has 0 radical (unpaired) electrons. The molecular weight excluding hydrogens is 290 g/mol. The summed E-state index contributed by atoms with van der Waals surface area (Å²) in [6, 6.07) is 6.32. The summed E-state index contributed by atoms with van der Waals surface area (Å²) < 4.78 is 5.30. The van der Waals surface area contributed by atoms with Crippen molar-refractivity contribution in [2.75, 3.05) is 0 Å². The number of rotatable bonds is 3. The van der Waals surface area contributed by atoms with Crippen molar-refractivity contribution in [3.63, 3.8) is 0 Å². The molecule has 0 spiro atoms. The molecule has 1 heterocycles. The first kappa shape index (κ1) is 17.3. The normalized spacial score (nSPS) is 21.3. The molecule has 0 unspecified atom stereocenters. The Bertz CT molecular complexity index is 561. The quantitative estimate of drug-likeness (QED) is 0.923. The average Bonchev–Trinajstić information content (AvgIpc) is 2.47. The summed E-state index contributed by atoms with van der Waals surface area (Å²) in [6.45, 7) is 5.60. The third-order valence-electron chi connectivity index (χ3n) is 4.00. The van der Waals surface area contributed by atoms with Gasteiger partial charge in [0.25, 0.3) is 0 Å². The van der Waals surface area contributed by atoms with Gasteiger partial charge in [0, 0.05) is 23.9 Å². The van der Waals surface area contributed by atoms with Gasteiger partial charge < -0.3 is 10.1 Å². The van der Waals surface area contributed by atoms with Crippen molar-refractivity contribution < 1.29 is 9.53 Å². The van der Waals surface area contributed by atoms with Crippen LogP contribution in [0.25, 0.3) is 0 Å². The second-order valence-corrected chi connectivity index (χ2v) is 7.12. The maximum Gasteiger partial charge on any atom is 0.407 e. The molecule has 1 aliphatic carbocycles. The largest absolute Gasteiger partial charge is 0.444 e. The zero-order valence-corrected chi connectivity index (χ0v) is 14.1. The lowest BCUT2D eigenvalue weighted by molar-refractivity contribution is 0.0491. The van der Waals surface area contributed by atoms with Gasteiger partial charge in [-0.2, -0.15) is 5.26 Å². The number of carbonyl (C=O) groups excluding carboxylic acids is 1. The van der Waals surface area contributed by atoms with Gasteiger partial charge in [-0.1, -0.05) is 6.07 Å². The van der Waals surface area contributed by atoms with Crippen LogP contribution in [0.5, 0.6) is 0 Å². The van der Waals surface area contributed by atoms with E-state index in [0.29, 0.717) is 12.3 Å². The number of aromatic nitrogens is 1. The number of nitrogens with zero attached hydrogens (tertiary/aromatic N) is 2. The van der Waals surface area contributed by atoms with Crippen LogP contribution in [0.4, 0.5) is 4.79 Å². The minimum Gasteiger partial charge on any atom is -0.444 e. The maximum absolute atomic E-state index is 11.8. The zero-order valence-electron chi connectivity index (χ0n) is 14.1. The van der Waals surface area contributed by atoms with Crippen molar-refractivity contribution in [2.24, 2.45) is 0 Å². The fourth-order valence-corrected chi connectivity index (χ4v) is 2.88. The molecule has 1 aromatic rings. The number of amides is 1. The third kappa shape index (κ3) is 5.55. The van der Waals surface area contributed by atoms with Crippen molar-refractivity contribution in [1.82, 2.24) is 10.3 Å². The van der Waals surface area contributed by atoms with E-state index >= 15 is 0 Å². The Kier molecular flexibility index (Phi) is 5.59. The van der Waals surface area contributed by atoms with E-state index in [0.717, 1.165) is 36.9 Å². The molecule has 1 saturated carbocycles. The van der Waals surface area contributed by atoms with Gasteiger partial charge in [0.1, 0.15) is 5.60 Å². The topological polar surface area (TPSA) is 75.0 Å². The molecule has 23 heavy (non-hydrogen) atoms. The molecule has 0 aromatic carbocycles. The molecule has 0 atom stereocenters. The van der Waals surface area contributed by atoms with Gasteiger partial charge in [0.05, 0.1) is 12.5 Å². The molecule has 5 nitrogen and oxygen atoms in total. The maximum atomic E-state index is 11.8. The minimum absolute atomic E-state index is 0.180. The lowest BCUT2D eigenvalue weighted by Crippen LogP contribution is -2.40. The van der Waals surface area contributed by atoms with Crippen molar-refractivity contribution in [3.8, 4) is 6.07 Å². The lowest BCUT2D eigenvalue weighted by Gasteiger charge is -2.29. The first-order valence-corrected chi connectivity index (χ1v) is 8.18. The van der Waals surface area contributed by atoms with Crippen molar-refractivity contribution in [1.29, 1.82) is 5.26 Å². The SMILES string of the molecule is CC(C)(C)OC(=O)N[C@H]1CC[C@H](c2ccc(CC#N)cn2)CC1. The minimum atomic E-state index is -0.462. The van der Waals surface area contributed by atoms with E-state index in [2.05, 4.69) is 16.4 Å². The molecular formula is C18H25N3O2. The van der Waals surface area contributed by atoms with Crippen LogP contribution in [0.1, 0.15) is 63.6 Å². The fourth-order valence-electron chi connectivity index (χ4n) is 2.88. The van der Waals surface area contributed by atoms with Crippen LogP contribution < -0.4 is 5.32 Å². The van der Waals surface area contributed by atoms with Crippen molar-refractivity contribution >= 4 is 6.09 Å². The Morgan fingerprint density at radius 1 is 1.35 bits per heavy atom. The van der Waals surface area contributed by atoms with E-state index in [1.54, 1.807) is 6.20 Å². The van der Waals surface area contributed by atoms with Crippen molar-refractivity contribution in [2.45, 2.75) is 70.4 Å². The zero-order chi connectivity index (χ0) is 16.9. The standard InChI is InChI=1S/C18H25N3O2/c1-18(2,3)23-17(22)21-15-7-5-14(6-8-15)16-9-4-13(10-11-19)12-20-16/h4,9,12,14-15H,5-8,10H2,1-3H3,(H,21,22)/t14-,15-. The van der Waals surface area contributed by atoms with E-state index in [1.165, 1.54) is 0 Å². The van der Waals surface area contributed by atoms with Crippen LogP contribution >= 0.6 is 0 Å². The molecule has 124 valence electrons. The molecule has 2 rings (SSSR count).